The quantitative estimate of drug-likeness (QED) is 0.607. The van der Waals surface area contributed by atoms with E-state index in [1.807, 2.05) is 0 Å². The van der Waals surface area contributed by atoms with Crippen molar-refractivity contribution < 1.29 is 14.4 Å². The summed E-state index contributed by atoms with van der Waals surface area (Å²) in [7, 11) is 0. The number of rotatable bonds is 1. The first kappa shape index (κ1) is 9.89. The van der Waals surface area contributed by atoms with Crippen molar-refractivity contribution in [1.82, 2.24) is 10.6 Å². The Bertz CT molecular complexity index is 386. The van der Waals surface area contributed by atoms with Gasteiger partial charge < -0.3 is 5.32 Å². The Morgan fingerprint density at radius 2 is 2.00 bits per heavy atom. The summed E-state index contributed by atoms with van der Waals surface area (Å²) in [6.45, 7) is 1.62. The third-order valence-corrected chi connectivity index (χ3v) is 2.89. The van der Waals surface area contributed by atoms with Gasteiger partial charge in [-0.15, -0.1) is 0 Å². The summed E-state index contributed by atoms with van der Waals surface area (Å²) in [5.74, 6) is -0.361. The van der Waals surface area contributed by atoms with E-state index >= 15 is 0 Å². The number of hydrogen-bond acceptors (Lipinski definition) is 3. The van der Waals surface area contributed by atoms with Gasteiger partial charge in [0.25, 0.3) is 5.91 Å². The average Bonchev–Trinajstić information content (AvgIpc) is 2.42. The molecule has 3 amide bonds. The molecule has 1 aliphatic heterocycles. The van der Waals surface area contributed by atoms with Crippen LogP contribution < -0.4 is 10.6 Å². The molecule has 1 aliphatic carbocycles. The van der Waals surface area contributed by atoms with E-state index in [0.717, 1.165) is 6.42 Å². The molecule has 2 aliphatic rings. The zero-order valence-electron chi connectivity index (χ0n) is 8.42. The fourth-order valence-corrected chi connectivity index (χ4v) is 1.96. The summed E-state index contributed by atoms with van der Waals surface area (Å²) in [6.07, 6.45) is 3.42. The Kier molecular flexibility index (Phi) is 2.10. The molecule has 2 rings (SSSR count). The monoisotopic (exact) mass is 208 g/mol. The summed E-state index contributed by atoms with van der Waals surface area (Å²) in [6, 6.07) is -0.499. The van der Waals surface area contributed by atoms with Gasteiger partial charge in [-0.3, -0.25) is 14.9 Å². The molecule has 1 unspecified atom stereocenters. The summed E-state index contributed by atoms with van der Waals surface area (Å²) < 4.78 is 0. The summed E-state index contributed by atoms with van der Waals surface area (Å²) in [5.41, 5.74) is -0.338. The number of allylic oxidation sites excluding steroid dienone is 1. The third-order valence-electron chi connectivity index (χ3n) is 2.89. The second-order valence-corrected chi connectivity index (χ2v) is 4.02. The predicted molar refractivity (Wildman–Crippen MR) is 52.0 cm³/mol. The number of imide groups is 1. The highest BCUT2D eigenvalue weighted by Crippen LogP contribution is 2.28. The molecule has 5 nitrogen and oxygen atoms in total. The first-order chi connectivity index (χ1) is 7.02. The van der Waals surface area contributed by atoms with E-state index in [4.69, 9.17) is 0 Å². The van der Waals surface area contributed by atoms with Gasteiger partial charge in [-0.2, -0.15) is 0 Å². The smallest absolute Gasteiger partial charge is 0.320 e. The minimum absolute atomic E-state index is 0.0198. The largest absolute Gasteiger partial charge is 0.322 e. The van der Waals surface area contributed by atoms with Crippen molar-refractivity contribution in [3.05, 3.63) is 11.6 Å². The van der Waals surface area contributed by atoms with Crippen LogP contribution in [0.4, 0.5) is 4.79 Å². The van der Waals surface area contributed by atoms with Crippen LogP contribution in [0.25, 0.3) is 0 Å². The molecule has 15 heavy (non-hydrogen) atoms. The lowest BCUT2D eigenvalue weighted by molar-refractivity contribution is -0.122. The number of hydrogen-bond donors (Lipinski definition) is 2. The van der Waals surface area contributed by atoms with Crippen molar-refractivity contribution in [2.24, 2.45) is 0 Å². The Hall–Kier alpha value is -1.65. The SMILES string of the molecule is CC1(C2=CC(=O)CCC2)NC(=O)NC1=O. The zero-order valence-corrected chi connectivity index (χ0v) is 8.42. The summed E-state index contributed by atoms with van der Waals surface area (Å²) >= 11 is 0. The van der Waals surface area contributed by atoms with E-state index in [1.165, 1.54) is 6.08 Å². The molecule has 80 valence electrons. The number of carbonyl (C=O) groups is 3. The first-order valence-corrected chi connectivity index (χ1v) is 4.90. The maximum Gasteiger partial charge on any atom is 0.322 e. The number of urea groups is 1. The van der Waals surface area contributed by atoms with E-state index in [9.17, 15) is 14.4 Å². The van der Waals surface area contributed by atoms with Gasteiger partial charge in [0.15, 0.2) is 5.78 Å². The van der Waals surface area contributed by atoms with Crippen molar-refractivity contribution >= 4 is 17.7 Å². The van der Waals surface area contributed by atoms with Crippen molar-refractivity contribution in [1.29, 1.82) is 0 Å². The Morgan fingerprint density at radius 3 is 2.53 bits per heavy atom. The van der Waals surface area contributed by atoms with E-state index in [0.29, 0.717) is 18.4 Å². The van der Waals surface area contributed by atoms with Crippen molar-refractivity contribution in [2.75, 3.05) is 0 Å². The number of nitrogens with one attached hydrogen (secondary N) is 2. The minimum Gasteiger partial charge on any atom is -0.320 e. The molecule has 1 saturated heterocycles. The van der Waals surface area contributed by atoms with Gasteiger partial charge in [0.2, 0.25) is 0 Å². The van der Waals surface area contributed by atoms with Gasteiger partial charge in [0.1, 0.15) is 5.54 Å². The Balaban J connectivity index is 2.33. The fraction of sp³-hybridized carbons (Fsp3) is 0.500. The predicted octanol–water partition coefficient (Wildman–Crippen LogP) is 0.264. The van der Waals surface area contributed by atoms with E-state index in [2.05, 4.69) is 10.6 Å². The molecular formula is C10H12N2O3. The molecule has 2 N–H and O–H groups in total. The molecule has 1 fully saturated rings. The summed E-state index contributed by atoms with van der Waals surface area (Å²) in [5, 5.41) is 4.73. The second-order valence-electron chi connectivity index (χ2n) is 4.02. The van der Waals surface area contributed by atoms with Gasteiger partial charge in [0, 0.05) is 6.42 Å². The van der Waals surface area contributed by atoms with Crippen LogP contribution in [0, 0.1) is 0 Å². The molecule has 1 heterocycles. The lowest BCUT2D eigenvalue weighted by Gasteiger charge is -2.26. The number of amides is 3. The standard InChI is InChI=1S/C10H12N2O3/c1-10(8(14)11-9(15)12-10)6-3-2-4-7(13)5-6/h5H,2-4H2,1H3,(H2,11,12,14,15). The van der Waals surface area contributed by atoms with E-state index in [-0.39, 0.29) is 11.7 Å². The average molecular weight is 208 g/mol. The zero-order chi connectivity index (χ0) is 11.1. The van der Waals surface area contributed by atoms with Crippen LogP contribution in [0.3, 0.4) is 0 Å². The lowest BCUT2D eigenvalue weighted by atomic mass is 9.84. The van der Waals surface area contributed by atoms with Crippen LogP contribution in [0.15, 0.2) is 11.6 Å². The van der Waals surface area contributed by atoms with Crippen LogP contribution in [0.2, 0.25) is 0 Å². The van der Waals surface area contributed by atoms with Gasteiger partial charge in [0.05, 0.1) is 0 Å². The highest BCUT2D eigenvalue weighted by molar-refractivity contribution is 6.09. The molecule has 0 aromatic heterocycles. The molecule has 0 aromatic carbocycles. The lowest BCUT2D eigenvalue weighted by Crippen LogP contribution is -2.46. The molecular weight excluding hydrogens is 196 g/mol. The van der Waals surface area contributed by atoms with Crippen LogP contribution in [0.5, 0.6) is 0 Å². The van der Waals surface area contributed by atoms with E-state index in [1.54, 1.807) is 6.92 Å². The summed E-state index contributed by atoms with van der Waals surface area (Å²) in [4.78, 5) is 33.8. The highest BCUT2D eigenvalue weighted by Gasteiger charge is 2.45. The number of carbonyl (C=O) groups excluding carboxylic acids is 3. The van der Waals surface area contributed by atoms with Crippen LogP contribution in [-0.4, -0.2) is 23.3 Å². The highest BCUT2D eigenvalue weighted by atomic mass is 16.2. The molecule has 0 spiro atoms. The molecule has 0 saturated carbocycles. The van der Waals surface area contributed by atoms with Crippen LogP contribution in [-0.2, 0) is 9.59 Å². The molecule has 0 bridgehead atoms. The van der Waals surface area contributed by atoms with Crippen molar-refractivity contribution in [3.8, 4) is 0 Å². The van der Waals surface area contributed by atoms with Gasteiger partial charge >= 0.3 is 6.03 Å². The van der Waals surface area contributed by atoms with E-state index < -0.39 is 11.6 Å². The second kappa shape index (κ2) is 3.18. The normalized spacial score (nSPS) is 31.0. The van der Waals surface area contributed by atoms with Crippen LogP contribution in [0.1, 0.15) is 26.2 Å². The molecule has 1 atom stereocenters. The third kappa shape index (κ3) is 1.54. The maximum absolute atomic E-state index is 11.6. The Morgan fingerprint density at radius 1 is 1.27 bits per heavy atom. The van der Waals surface area contributed by atoms with Crippen molar-refractivity contribution in [3.63, 3.8) is 0 Å². The van der Waals surface area contributed by atoms with Crippen molar-refractivity contribution in [2.45, 2.75) is 31.7 Å². The topological polar surface area (TPSA) is 75.3 Å². The fourth-order valence-electron chi connectivity index (χ4n) is 1.96. The molecule has 0 radical (unpaired) electrons. The molecule has 5 heteroatoms. The van der Waals surface area contributed by atoms with Crippen LogP contribution >= 0.6 is 0 Å². The van der Waals surface area contributed by atoms with Gasteiger partial charge in [-0.25, -0.2) is 4.79 Å². The minimum atomic E-state index is -1.03. The first-order valence-electron chi connectivity index (χ1n) is 4.90. The Labute approximate surface area is 86.9 Å². The molecule has 0 aromatic rings. The number of ketones is 1. The maximum atomic E-state index is 11.6. The van der Waals surface area contributed by atoms with Gasteiger partial charge in [-0.1, -0.05) is 0 Å². The van der Waals surface area contributed by atoms with Gasteiger partial charge in [-0.05, 0) is 31.4 Å².